The quantitative estimate of drug-likeness (QED) is 0.117. The predicted molar refractivity (Wildman–Crippen MR) is 224 cm³/mol. The summed E-state index contributed by atoms with van der Waals surface area (Å²) in [7, 11) is 0. The predicted octanol–water partition coefficient (Wildman–Crippen LogP) is 1.50. The molecule has 0 aromatic rings. The fraction of sp³-hybridized carbons (Fsp3) is 0.875. The average molecular weight is 1260 g/mol. The van der Waals surface area contributed by atoms with Crippen LogP contribution in [0.4, 0.5) is 0 Å². The minimum Gasteiger partial charge on any atom is -0.850 e. The van der Waals surface area contributed by atoms with Crippen LogP contribution >= 0.6 is 28.5 Å². The van der Waals surface area contributed by atoms with Crippen molar-refractivity contribution < 1.29 is 112 Å². The van der Waals surface area contributed by atoms with Crippen LogP contribution in [0, 0.1) is 38.5 Å². The summed E-state index contributed by atoms with van der Waals surface area (Å²) in [5.74, 6) is 2.11. The van der Waals surface area contributed by atoms with E-state index in [0.717, 1.165) is 0 Å². The molecule has 52 heavy (non-hydrogen) atoms. The van der Waals surface area contributed by atoms with Gasteiger partial charge in [0.2, 0.25) is 0 Å². The first-order chi connectivity index (χ1) is 21.4. The summed E-state index contributed by atoms with van der Waals surface area (Å²) in [5.41, 5.74) is -18.6. The molecule has 0 spiro atoms. The molecule has 3 unspecified atom stereocenters. The van der Waals surface area contributed by atoms with E-state index in [0.29, 0.717) is 17.8 Å². The summed E-state index contributed by atoms with van der Waals surface area (Å²) >= 11 is 36.4. The van der Waals surface area contributed by atoms with Crippen LogP contribution in [0.15, 0.2) is 0 Å². The molecule has 28 heteroatoms. The Labute approximate surface area is 412 Å². The van der Waals surface area contributed by atoms with Gasteiger partial charge in [-0.25, -0.2) is 0 Å². The van der Waals surface area contributed by atoms with Crippen molar-refractivity contribution in [1.29, 1.82) is 0 Å². The number of hydrogen-bond donors (Lipinski definition) is 0. The fourth-order valence-corrected chi connectivity index (χ4v) is 2.09. The van der Waals surface area contributed by atoms with E-state index in [1.165, 1.54) is 77.0 Å². The molecular weight excluding hydrogens is 1210 g/mol. The van der Waals surface area contributed by atoms with Crippen LogP contribution in [0.5, 0.6) is 0 Å². The van der Waals surface area contributed by atoms with E-state index in [1.54, 1.807) is 0 Å². The molecule has 0 saturated heterocycles. The van der Waals surface area contributed by atoms with Gasteiger partial charge in [-0.05, 0) is 0 Å². The molecule has 0 bridgehead atoms. The second-order valence-corrected chi connectivity index (χ2v) is 31.8. The molecule has 0 aromatic carbocycles. The van der Waals surface area contributed by atoms with Gasteiger partial charge in [0.1, 0.15) is 0 Å². The third-order valence-corrected chi connectivity index (χ3v) is 4.63. The van der Waals surface area contributed by atoms with Crippen LogP contribution in [0.3, 0.4) is 0 Å². The zero-order valence-electron chi connectivity index (χ0n) is 30.0. The Balaban J connectivity index is -0.0000000411. The monoisotopic (exact) mass is 1270 g/mol. The summed E-state index contributed by atoms with van der Waals surface area (Å²) in [4.78, 5) is 92.9. The van der Waals surface area contributed by atoms with Crippen molar-refractivity contribution in [2.24, 2.45) is 17.8 Å². The Kier molecular flexibility index (Phi) is 91.9. The first-order valence-corrected chi connectivity index (χ1v) is 32.8. The maximum absolute atomic E-state index is 9.29. The Hall–Kier alpha value is 6.66. The van der Waals surface area contributed by atoms with Crippen molar-refractivity contribution in [2.75, 3.05) is 0 Å². The van der Waals surface area contributed by atoms with Gasteiger partial charge < -0.3 is 159 Å². The van der Waals surface area contributed by atoms with Crippen molar-refractivity contribution in [3.05, 3.63) is 20.8 Å². The fourth-order valence-electron chi connectivity index (χ4n) is 2.09. The van der Waals surface area contributed by atoms with Crippen molar-refractivity contribution in [1.82, 2.24) is 0 Å². The van der Waals surface area contributed by atoms with Crippen LogP contribution in [-0.2, 0) is 183 Å². The molecule has 328 valence electrons. The molecule has 0 heterocycles. The van der Waals surface area contributed by atoms with E-state index >= 15 is 0 Å². The number of rotatable bonds is 12. The first kappa shape index (κ1) is 85.9. The van der Waals surface area contributed by atoms with Gasteiger partial charge in [-0.3, -0.25) is 0 Å². The number of hydrogen-bond acceptors (Lipinski definition) is 20. The minimum absolute atomic E-state index is 0. The van der Waals surface area contributed by atoms with E-state index in [4.69, 9.17) is 0 Å². The van der Waals surface area contributed by atoms with E-state index in [1.807, 2.05) is 0 Å². The van der Waals surface area contributed by atoms with Gasteiger partial charge >= 0.3 is 0 Å². The summed E-state index contributed by atoms with van der Waals surface area (Å²) < 4.78 is 0. The van der Waals surface area contributed by atoms with Crippen LogP contribution < -0.4 is 48.9 Å². The smallest absolute Gasteiger partial charge is 0 e. The molecule has 3 atom stereocenters. The van der Waals surface area contributed by atoms with Crippen molar-refractivity contribution >= 4 is 149 Å². The van der Waals surface area contributed by atoms with Crippen LogP contribution in [0.25, 0.3) is 0 Å². The van der Waals surface area contributed by atoms with Crippen molar-refractivity contribution in [2.45, 2.75) is 119 Å². The molecule has 0 rings (SSSR count). The second-order valence-electron chi connectivity index (χ2n) is 9.49. The molecule has 0 aliphatic carbocycles. The Morgan fingerprint density at radius 3 is 0.538 bits per heavy atom. The van der Waals surface area contributed by atoms with Gasteiger partial charge in [0.05, 0.1) is 0 Å². The van der Waals surface area contributed by atoms with Gasteiger partial charge in [0.25, 0.3) is 0 Å². The maximum atomic E-state index is 9.29. The van der Waals surface area contributed by atoms with E-state index in [9.17, 15) is 48.9 Å². The van der Waals surface area contributed by atoms with E-state index in [2.05, 4.69) is 183 Å². The molecule has 0 amide bonds. The Morgan fingerprint density at radius 2 is 0.481 bits per heavy atom. The Bertz CT molecular complexity index is 726. The summed E-state index contributed by atoms with van der Waals surface area (Å²) in [6, 6.07) is 0. The maximum Gasteiger partial charge on any atom is 0 e. The molecule has 0 saturated carbocycles. The molecule has 0 aromatic heterocycles. The van der Waals surface area contributed by atoms with Crippen LogP contribution in [-0.4, -0.2) is 0 Å². The van der Waals surface area contributed by atoms with Gasteiger partial charge in [0.15, 0.2) is 0 Å². The first-order valence-electron chi connectivity index (χ1n) is 14.6. The molecule has 0 N–H and O–H groups in total. The third-order valence-electron chi connectivity index (χ3n) is 4.63. The minimum atomic E-state index is -3.72. The molecule has 0 radical (unpaired) electrons. The SMILES string of the molecule is [CH2-]C(CC)CCCC.[CH2-]C(CC)CCCC.[CH2-]C(CC)CCCC.[Mo].[Mo].[Mo].[O-]P([O-])(=S)[S-].[O-]P([O-])(=S)[S-].[O-]P([O-])(=S)[S-].[O-]P([O-])(=S)[S-].[O-]P([O-])(=S)[S-]. The second kappa shape index (κ2) is 55.7. The number of unbranched alkanes of at least 4 members (excludes halogenated alkanes) is 3. The molecular formula is C24H51Mo3O10P5S10-18. The zero-order valence-corrected chi connectivity index (χ0v) is 48.6. The summed E-state index contributed by atoms with van der Waals surface area (Å²) in [5, 5.41) is 0. The van der Waals surface area contributed by atoms with Crippen molar-refractivity contribution in [3.8, 4) is 0 Å². The summed E-state index contributed by atoms with van der Waals surface area (Å²) in [6.07, 6.45) is 15.6. The third kappa shape index (κ3) is 289. The molecule has 0 aliphatic heterocycles. The van der Waals surface area contributed by atoms with Crippen LogP contribution in [0.1, 0.15) is 119 Å². The summed E-state index contributed by atoms with van der Waals surface area (Å²) in [6.45, 7) is 25.3. The van der Waals surface area contributed by atoms with Gasteiger partial charge in [-0.2, -0.15) is 76.8 Å². The largest absolute Gasteiger partial charge is 0.850 e. The molecule has 10 nitrogen and oxygen atoms in total. The molecule has 0 aliphatic rings. The van der Waals surface area contributed by atoms with Gasteiger partial charge in [-0.1, -0.05) is 119 Å². The molecule has 0 fully saturated rings. The van der Waals surface area contributed by atoms with Crippen LogP contribution in [0.2, 0.25) is 0 Å². The van der Waals surface area contributed by atoms with Gasteiger partial charge in [-0.15, -0.1) is 0 Å². The zero-order chi connectivity index (χ0) is 41.7. The standard InChI is InChI=1S/3C8H17.3Mo.5H3O2PS2/c3*1-4-6-7-8(3)5-2;;;;5*1-3(2,4)5/h3*8H,3-7H2,1-2H3;;;;5*(H3,1,2,4,5)/q3*-1;;;;;;;;/p-15. The van der Waals surface area contributed by atoms with E-state index < -0.39 is 28.5 Å². The normalized spacial score (nSPS) is 12.1. The topological polar surface area (TPSA) is 231 Å². The van der Waals surface area contributed by atoms with Gasteiger partial charge in [0, 0.05) is 63.2 Å². The van der Waals surface area contributed by atoms with Crippen molar-refractivity contribution in [3.63, 3.8) is 0 Å². The van der Waals surface area contributed by atoms with E-state index in [-0.39, 0.29) is 63.2 Å². The Morgan fingerprint density at radius 1 is 0.385 bits per heavy atom. The average Bonchev–Trinajstić information content (AvgIpc) is 2.84.